The van der Waals surface area contributed by atoms with Crippen molar-refractivity contribution < 1.29 is 27.5 Å². The molecule has 2 atom stereocenters. The minimum absolute atomic E-state index is 0.167. The van der Waals surface area contributed by atoms with Crippen LogP contribution in [0.25, 0.3) is 0 Å². The van der Waals surface area contributed by atoms with Gasteiger partial charge in [-0.05, 0) is 84.0 Å². The Hall–Kier alpha value is -3.67. The maximum Gasteiger partial charge on any atom is 0.245 e. The summed E-state index contributed by atoms with van der Waals surface area (Å²) in [6.45, 7) is 1.28. The lowest BCUT2D eigenvalue weighted by Gasteiger charge is -2.41. The lowest BCUT2D eigenvalue weighted by atomic mass is 9.74. The first-order valence-electron chi connectivity index (χ1n) is 14.6. The first kappa shape index (κ1) is 30.4. The second-order valence-electron chi connectivity index (χ2n) is 12.0. The van der Waals surface area contributed by atoms with Gasteiger partial charge in [-0.25, -0.2) is 12.8 Å². The van der Waals surface area contributed by atoms with Crippen molar-refractivity contribution in [3.63, 3.8) is 0 Å². The summed E-state index contributed by atoms with van der Waals surface area (Å²) in [5.41, 5.74) is 3.24. The van der Waals surface area contributed by atoms with E-state index in [1.54, 1.807) is 29.2 Å². The first-order chi connectivity index (χ1) is 20.9. The molecule has 3 aliphatic rings. The third-order valence-corrected chi connectivity index (χ3v) is 10.5. The average Bonchev–Trinajstić information content (AvgIpc) is 3.31. The molecule has 0 radical (unpaired) electrons. The Morgan fingerprint density at radius 3 is 2.52 bits per heavy atom. The monoisotopic (exact) mass is 640 g/mol. The van der Waals surface area contributed by atoms with Gasteiger partial charge in [0.05, 0.1) is 18.0 Å². The smallest absolute Gasteiger partial charge is 0.245 e. The Morgan fingerprint density at radius 2 is 1.82 bits per heavy atom. The highest BCUT2D eigenvalue weighted by molar-refractivity contribution is 7.92. The predicted octanol–water partition coefficient (Wildman–Crippen LogP) is 3.27. The number of carbonyl (C=O) groups excluding carboxylic acids is 2. The van der Waals surface area contributed by atoms with Crippen molar-refractivity contribution >= 4 is 39.1 Å². The van der Waals surface area contributed by atoms with Gasteiger partial charge < -0.3 is 20.6 Å². The van der Waals surface area contributed by atoms with E-state index in [-0.39, 0.29) is 30.5 Å². The predicted molar refractivity (Wildman–Crippen MR) is 166 cm³/mol. The average molecular weight is 641 g/mol. The molecule has 6 rings (SSSR count). The Kier molecular flexibility index (Phi) is 8.06. The maximum atomic E-state index is 14.3. The fourth-order valence-electron chi connectivity index (χ4n) is 6.71. The van der Waals surface area contributed by atoms with Gasteiger partial charge in [-0.2, -0.15) is 0 Å². The third kappa shape index (κ3) is 6.00. The molecule has 3 N–H and O–H groups in total. The number of anilines is 1. The molecule has 0 aromatic heterocycles. The minimum atomic E-state index is -3.58. The number of amides is 2. The number of likely N-dealkylation sites (tertiary alicyclic amines) is 1. The van der Waals surface area contributed by atoms with Gasteiger partial charge in [0.2, 0.25) is 21.8 Å². The second kappa shape index (κ2) is 11.7. The normalized spacial score (nSPS) is 19.8. The van der Waals surface area contributed by atoms with E-state index in [0.29, 0.717) is 55.2 Å². The number of halogens is 2. The van der Waals surface area contributed by atoms with Crippen LogP contribution in [-0.4, -0.2) is 68.2 Å². The molecular formula is C32H34ClFN4O5S. The summed E-state index contributed by atoms with van der Waals surface area (Å²) in [4.78, 5) is 29.2. The van der Waals surface area contributed by atoms with Crippen molar-refractivity contribution in [2.24, 2.45) is 0 Å². The summed E-state index contributed by atoms with van der Waals surface area (Å²) in [5, 5.41) is 16.6. The molecule has 3 aromatic rings. The van der Waals surface area contributed by atoms with Gasteiger partial charge in [-0.3, -0.25) is 13.9 Å². The number of nitrogens with one attached hydrogen (secondary N) is 2. The summed E-state index contributed by atoms with van der Waals surface area (Å²) in [6, 6.07) is 15.0. The van der Waals surface area contributed by atoms with Crippen LogP contribution < -0.4 is 14.9 Å². The van der Waals surface area contributed by atoms with Crippen LogP contribution in [0.1, 0.15) is 35.1 Å². The summed E-state index contributed by atoms with van der Waals surface area (Å²) in [5.74, 6) is -0.797. The maximum absolute atomic E-state index is 14.3. The molecule has 12 heteroatoms. The molecule has 3 aromatic carbocycles. The standard InChI is InChI=1S/C32H34ClFN4O5S/c1-44(42,43)38-19-32(26-17-24(34)7-9-29(26)38)10-12-37(13-11-32)31(41)28(14-20-2-5-23(33)6-3-20)36-30(40)27-16-21-4-8-25(39)15-22(21)18-35-27/h2-9,15,17,27-28,35,39H,10-14,16,18-19H2,1H3,(H,36,40). The number of fused-ring (bicyclic) bond motifs is 3. The molecule has 2 amide bonds. The number of hydrogen-bond acceptors (Lipinski definition) is 6. The zero-order chi connectivity index (χ0) is 31.2. The van der Waals surface area contributed by atoms with E-state index in [1.807, 2.05) is 18.2 Å². The number of phenolic OH excluding ortho intramolecular Hbond substituents is 1. The van der Waals surface area contributed by atoms with Crippen molar-refractivity contribution in [1.82, 2.24) is 15.5 Å². The summed E-state index contributed by atoms with van der Waals surface area (Å²) < 4.78 is 40.8. The number of aromatic hydroxyl groups is 1. The van der Waals surface area contributed by atoms with E-state index in [9.17, 15) is 27.5 Å². The fourth-order valence-corrected chi connectivity index (χ4v) is 7.83. The number of hydrogen-bond donors (Lipinski definition) is 3. The van der Waals surface area contributed by atoms with Crippen LogP contribution in [0, 0.1) is 5.82 Å². The van der Waals surface area contributed by atoms with E-state index in [2.05, 4.69) is 10.6 Å². The highest BCUT2D eigenvalue weighted by Gasteiger charge is 2.48. The van der Waals surface area contributed by atoms with Gasteiger partial charge in [0.15, 0.2) is 0 Å². The van der Waals surface area contributed by atoms with Gasteiger partial charge in [-0.15, -0.1) is 0 Å². The number of sulfonamides is 1. The fraction of sp³-hybridized carbons (Fsp3) is 0.375. The number of nitrogens with zero attached hydrogens (tertiary/aromatic N) is 2. The molecule has 2 unspecified atom stereocenters. The van der Waals surface area contributed by atoms with Crippen LogP contribution in [0.2, 0.25) is 5.02 Å². The van der Waals surface area contributed by atoms with Crippen LogP contribution in [-0.2, 0) is 44.4 Å². The van der Waals surface area contributed by atoms with Crippen LogP contribution >= 0.6 is 11.6 Å². The molecule has 1 fully saturated rings. The van der Waals surface area contributed by atoms with Crippen LogP contribution in [0.4, 0.5) is 10.1 Å². The minimum Gasteiger partial charge on any atom is -0.508 e. The quantitative estimate of drug-likeness (QED) is 0.381. The SMILES string of the molecule is CS(=O)(=O)N1CC2(CCN(C(=O)C(Cc3ccc(Cl)cc3)NC(=O)C3Cc4ccc(O)cc4CN3)CC2)c2cc(F)ccc21. The Morgan fingerprint density at radius 1 is 1.09 bits per heavy atom. The molecule has 3 heterocycles. The molecule has 0 bridgehead atoms. The number of phenols is 1. The van der Waals surface area contributed by atoms with Gasteiger partial charge in [-0.1, -0.05) is 29.8 Å². The molecule has 232 valence electrons. The van der Waals surface area contributed by atoms with Gasteiger partial charge in [0, 0.05) is 43.0 Å². The second-order valence-corrected chi connectivity index (χ2v) is 14.4. The molecule has 0 aliphatic carbocycles. The highest BCUT2D eigenvalue weighted by atomic mass is 35.5. The van der Waals surface area contributed by atoms with E-state index in [0.717, 1.165) is 22.9 Å². The van der Waals surface area contributed by atoms with Crippen molar-refractivity contribution in [1.29, 1.82) is 0 Å². The largest absolute Gasteiger partial charge is 0.508 e. The molecule has 1 spiro atoms. The van der Waals surface area contributed by atoms with E-state index >= 15 is 0 Å². The third-order valence-electron chi connectivity index (χ3n) is 9.11. The van der Waals surface area contributed by atoms with Gasteiger partial charge in [0.25, 0.3) is 0 Å². The van der Waals surface area contributed by atoms with E-state index in [1.165, 1.54) is 22.5 Å². The topological polar surface area (TPSA) is 119 Å². The lowest BCUT2D eigenvalue weighted by molar-refractivity contribution is -0.138. The summed E-state index contributed by atoms with van der Waals surface area (Å²) >= 11 is 6.08. The van der Waals surface area contributed by atoms with E-state index < -0.39 is 33.3 Å². The number of carbonyl (C=O) groups is 2. The molecular weight excluding hydrogens is 607 g/mol. The Balaban J connectivity index is 1.20. The molecule has 0 saturated carbocycles. The van der Waals surface area contributed by atoms with Crippen molar-refractivity contribution in [3.8, 4) is 5.75 Å². The summed E-state index contributed by atoms with van der Waals surface area (Å²) in [7, 11) is -3.58. The van der Waals surface area contributed by atoms with Crippen LogP contribution in [0.5, 0.6) is 5.75 Å². The first-order valence-corrected chi connectivity index (χ1v) is 16.8. The molecule has 1 saturated heterocycles. The molecule has 9 nitrogen and oxygen atoms in total. The number of piperidine rings is 1. The summed E-state index contributed by atoms with van der Waals surface area (Å²) in [6.07, 6.45) is 2.73. The Labute approximate surface area is 261 Å². The lowest BCUT2D eigenvalue weighted by Crippen LogP contribution is -2.57. The number of benzene rings is 3. The van der Waals surface area contributed by atoms with E-state index in [4.69, 9.17) is 11.6 Å². The Bertz CT molecular complexity index is 1710. The van der Waals surface area contributed by atoms with Crippen molar-refractivity contribution in [3.05, 3.63) is 93.8 Å². The van der Waals surface area contributed by atoms with Crippen molar-refractivity contribution in [2.75, 3.05) is 30.2 Å². The molecule has 3 aliphatic heterocycles. The molecule has 44 heavy (non-hydrogen) atoms. The van der Waals surface area contributed by atoms with Gasteiger partial charge in [0.1, 0.15) is 17.6 Å². The van der Waals surface area contributed by atoms with Gasteiger partial charge >= 0.3 is 0 Å². The zero-order valence-corrected chi connectivity index (χ0v) is 25.8. The number of rotatable bonds is 6. The highest BCUT2D eigenvalue weighted by Crippen LogP contribution is 2.48. The van der Waals surface area contributed by atoms with Crippen LogP contribution in [0.15, 0.2) is 60.7 Å². The van der Waals surface area contributed by atoms with Crippen molar-refractivity contribution in [2.45, 2.75) is 49.7 Å². The van der Waals surface area contributed by atoms with Crippen LogP contribution in [0.3, 0.4) is 0 Å². The zero-order valence-electron chi connectivity index (χ0n) is 24.2.